The van der Waals surface area contributed by atoms with Crippen LogP contribution in [0, 0.1) is 24.1 Å². The molecule has 0 N–H and O–H groups in total. The number of ether oxygens (including phenoxy) is 1. The number of fused-ring (bicyclic) bond motifs is 1. The third-order valence-corrected chi connectivity index (χ3v) is 10.7. The number of carbonyl (C=O) groups excluding carboxylic acids is 1. The Kier molecular flexibility index (Phi) is 8.86. The summed E-state index contributed by atoms with van der Waals surface area (Å²) < 4.78 is 71.0. The fourth-order valence-electron chi connectivity index (χ4n) is 4.52. The second kappa shape index (κ2) is 12.0. The van der Waals surface area contributed by atoms with E-state index in [-0.39, 0.29) is 34.0 Å². The Labute approximate surface area is 242 Å². The number of carbonyl (C=O) groups is 1. The van der Waals surface area contributed by atoms with Crippen LogP contribution in [0.25, 0.3) is 17.0 Å². The number of benzene rings is 3. The first-order chi connectivity index (χ1) is 19.5. The highest BCUT2D eigenvalue weighted by molar-refractivity contribution is 7.90. The van der Waals surface area contributed by atoms with Crippen LogP contribution in [0.15, 0.2) is 71.6 Å². The Hall–Kier alpha value is -3.74. The molecule has 1 atom stereocenters. The molecule has 212 valence electrons. The topological polar surface area (TPSA) is 115 Å². The molecule has 4 rings (SSSR count). The van der Waals surface area contributed by atoms with E-state index < -0.39 is 45.6 Å². The predicted molar refractivity (Wildman–Crippen MR) is 156 cm³/mol. The summed E-state index contributed by atoms with van der Waals surface area (Å²) in [4.78, 5) is 13.4. The van der Waals surface area contributed by atoms with Crippen LogP contribution in [0.2, 0.25) is 5.02 Å². The molecule has 1 aromatic heterocycles. The molecule has 0 aliphatic heterocycles. The summed E-state index contributed by atoms with van der Waals surface area (Å²) in [6.45, 7) is 4.50. The number of aromatic nitrogens is 1. The molecule has 1 heterocycles. The normalized spacial score (nSPS) is 13.3. The summed E-state index contributed by atoms with van der Waals surface area (Å²) in [5.41, 5.74) is 0.167. The first kappa shape index (κ1) is 30.2. The number of nitrogens with zero attached hydrogens (tertiary/aromatic N) is 2. The van der Waals surface area contributed by atoms with Gasteiger partial charge in [-0.3, -0.25) is 4.57 Å². The van der Waals surface area contributed by atoms with Crippen molar-refractivity contribution in [2.75, 3.05) is 13.2 Å². The first-order valence-electron chi connectivity index (χ1n) is 12.4. The molecule has 0 saturated heterocycles. The lowest BCUT2D eigenvalue weighted by Crippen LogP contribution is -2.28. The van der Waals surface area contributed by atoms with Gasteiger partial charge >= 0.3 is 5.97 Å². The maximum atomic E-state index is 16.0. The molecule has 0 radical (unpaired) electrons. The number of hydrogen-bond acceptors (Lipinski definition) is 7. The summed E-state index contributed by atoms with van der Waals surface area (Å²) in [5, 5.41) is 7.73. The van der Waals surface area contributed by atoms with Gasteiger partial charge in [0.25, 0.3) is 17.4 Å². The van der Waals surface area contributed by atoms with E-state index >= 15 is 8.96 Å². The summed E-state index contributed by atoms with van der Waals surface area (Å²) in [6.07, 6.45) is 2.71. The molecule has 41 heavy (non-hydrogen) atoms. The zero-order chi connectivity index (χ0) is 29.9. The van der Waals surface area contributed by atoms with Crippen molar-refractivity contribution in [3.63, 3.8) is 0 Å². The van der Waals surface area contributed by atoms with Crippen molar-refractivity contribution in [1.82, 2.24) is 3.97 Å². The summed E-state index contributed by atoms with van der Waals surface area (Å²) in [5.74, 6) is -2.23. The second-order valence-corrected chi connectivity index (χ2v) is 13.3. The van der Waals surface area contributed by atoms with Crippen molar-refractivity contribution in [2.45, 2.75) is 25.7 Å². The van der Waals surface area contributed by atoms with Gasteiger partial charge in [-0.2, -0.15) is 5.26 Å². The summed E-state index contributed by atoms with van der Waals surface area (Å²) in [6, 6.07) is 16.2. The van der Waals surface area contributed by atoms with Crippen LogP contribution in [0.3, 0.4) is 0 Å². The Bertz CT molecular complexity index is 1880. The van der Waals surface area contributed by atoms with Crippen molar-refractivity contribution in [3.8, 4) is 6.07 Å². The van der Waals surface area contributed by atoms with Crippen molar-refractivity contribution < 1.29 is 31.4 Å². The Morgan fingerprint density at radius 3 is 2.46 bits per heavy atom. The molecular formula is C29H25ClFN2O6PS. The van der Waals surface area contributed by atoms with E-state index in [9.17, 15) is 13.2 Å². The molecule has 1 unspecified atom stereocenters. The molecule has 0 spiro atoms. The largest absolute Gasteiger partial charge is 0.461 e. The Morgan fingerprint density at radius 1 is 1.12 bits per heavy atom. The molecule has 0 saturated carbocycles. The van der Waals surface area contributed by atoms with Crippen LogP contribution in [0.1, 0.15) is 35.5 Å². The number of hydrogen-bond donors (Lipinski definition) is 0. The highest BCUT2D eigenvalue weighted by Crippen LogP contribution is 2.50. The molecule has 0 aliphatic rings. The summed E-state index contributed by atoms with van der Waals surface area (Å²) >= 11 is 6.15. The zero-order valence-corrected chi connectivity index (χ0v) is 24.8. The second-order valence-electron chi connectivity index (χ2n) is 8.79. The van der Waals surface area contributed by atoms with Gasteiger partial charge in [-0.1, -0.05) is 35.9 Å². The van der Waals surface area contributed by atoms with Crippen molar-refractivity contribution >= 4 is 62.6 Å². The number of halogens is 2. The van der Waals surface area contributed by atoms with Gasteiger partial charge in [-0.25, -0.2) is 21.6 Å². The molecule has 4 aromatic rings. The van der Waals surface area contributed by atoms with Gasteiger partial charge in [0.05, 0.1) is 45.4 Å². The number of allylic oxidation sites excluding steroid dienone is 1. The number of aryl methyl sites for hydroxylation is 1. The minimum Gasteiger partial charge on any atom is -0.461 e. The highest BCUT2D eigenvalue weighted by atomic mass is 35.5. The fraction of sp³-hybridized carbons (Fsp3) is 0.172. The molecule has 12 heteroatoms. The lowest BCUT2D eigenvalue weighted by Gasteiger charge is -2.21. The minimum absolute atomic E-state index is 0.0537. The van der Waals surface area contributed by atoms with E-state index in [2.05, 4.69) is 0 Å². The van der Waals surface area contributed by atoms with Gasteiger partial charge < -0.3 is 9.26 Å². The molecule has 0 amide bonds. The minimum atomic E-state index is -4.57. The predicted octanol–water partition coefficient (Wildman–Crippen LogP) is 5.96. The highest BCUT2D eigenvalue weighted by Gasteiger charge is 2.43. The van der Waals surface area contributed by atoms with Crippen LogP contribution in [0.4, 0.5) is 4.39 Å². The van der Waals surface area contributed by atoms with Crippen LogP contribution in [0.5, 0.6) is 0 Å². The lowest BCUT2D eigenvalue weighted by atomic mass is 10.1. The number of esters is 1. The lowest BCUT2D eigenvalue weighted by molar-refractivity contribution is 0.0520. The van der Waals surface area contributed by atoms with Gasteiger partial charge in [-0.05, 0) is 74.4 Å². The van der Waals surface area contributed by atoms with Crippen molar-refractivity contribution in [3.05, 3.63) is 94.4 Å². The third-order valence-electron chi connectivity index (χ3n) is 6.09. The van der Waals surface area contributed by atoms with Gasteiger partial charge in [0.2, 0.25) is 0 Å². The first-order valence-corrected chi connectivity index (χ1v) is 15.9. The van der Waals surface area contributed by atoms with E-state index in [1.54, 1.807) is 26.0 Å². The monoisotopic (exact) mass is 614 g/mol. The smallest absolute Gasteiger partial charge is 0.356 e. The molecule has 8 nitrogen and oxygen atoms in total. The van der Waals surface area contributed by atoms with E-state index in [0.29, 0.717) is 15.1 Å². The average molecular weight is 615 g/mol. The summed E-state index contributed by atoms with van der Waals surface area (Å²) in [7, 11) is -9.03. The Morgan fingerprint density at radius 2 is 1.83 bits per heavy atom. The van der Waals surface area contributed by atoms with Gasteiger partial charge in [0.15, 0.2) is 11.5 Å². The van der Waals surface area contributed by atoms with Crippen LogP contribution in [-0.4, -0.2) is 31.6 Å². The maximum Gasteiger partial charge on any atom is 0.356 e. The number of nitriles is 1. The molecule has 3 aromatic carbocycles. The van der Waals surface area contributed by atoms with Crippen LogP contribution >= 0.6 is 19.0 Å². The molecule has 0 aliphatic carbocycles. The maximum absolute atomic E-state index is 16.0. The van der Waals surface area contributed by atoms with Gasteiger partial charge in [-0.15, -0.1) is 0 Å². The van der Waals surface area contributed by atoms with Crippen LogP contribution < -0.4 is 10.6 Å². The third kappa shape index (κ3) is 5.46. The van der Waals surface area contributed by atoms with Gasteiger partial charge in [0, 0.05) is 11.4 Å². The van der Waals surface area contributed by atoms with E-state index in [0.717, 1.165) is 6.07 Å². The van der Waals surface area contributed by atoms with Crippen molar-refractivity contribution in [1.29, 1.82) is 5.26 Å². The van der Waals surface area contributed by atoms with E-state index in [4.69, 9.17) is 26.1 Å². The standard InChI is InChI=1S/C29H25ClFN2O6PS/c1-4-38-29(34)27-28(40(35,39-5-2)21-17-19(3)16-20(18-21)10-9-15-32)25-24(14-13-23(30)26(25)31)33(27)41(36,37)22-11-7-6-8-12-22/h6-14,16-18H,4-5H2,1-3H3/b10-9+. The average Bonchev–Trinajstić information content (AvgIpc) is 3.32. The fourth-order valence-corrected chi connectivity index (χ4v) is 8.85. The van der Waals surface area contributed by atoms with Crippen LogP contribution in [-0.2, 0) is 23.8 Å². The number of rotatable bonds is 9. The van der Waals surface area contributed by atoms with Gasteiger partial charge in [0.1, 0.15) is 0 Å². The molecular weight excluding hydrogens is 590 g/mol. The molecule has 0 bridgehead atoms. The Balaban J connectivity index is 2.26. The zero-order valence-electron chi connectivity index (χ0n) is 22.3. The van der Waals surface area contributed by atoms with Crippen molar-refractivity contribution in [2.24, 2.45) is 0 Å². The quantitative estimate of drug-likeness (QED) is 0.130. The van der Waals surface area contributed by atoms with E-state index in [1.165, 1.54) is 61.5 Å². The SMILES string of the molecule is CCOC(=O)c1c(P(=O)(OCC)c2cc(C)cc(/C=C/C#N)c2)c2c(F)c(Cl)ccc2n1S(=O)(=O)c1ccccc1. The molecule has 0 fully saturated rings. The van der Waals surface area contributed by atoms with E-state index in [1.807, 2.05) is 6.07 Å².